The third-order valence-electron chi connectivity index (χ3n) is 5.98. The molecule has 0 radical (unpaired) electrons. The highest BCUT2D eigenvalue weighted by molar-refractivity contribution is 8.10. The molecule has 0 bridgehead atoms. The number of nitrogens with zero attached hydrogens (tertiary/aromatic N) is 2. The average Bonchev–Trinajstić information content (AvgIpc) is 2.87. The zero-order chi connectivity index (χ0) is 27.7. The Kier molecular flexibility index (Phi) is 8.07. The molecule has 0 spiro atoms. The Morgan fingerprint density at radius 3 is 2.32 bits per heavy atom. The maximum Gasteiger partial charge on any atom is 0.254 e. The highest BCUT2D eigenvalue weighted by atomic mass is 35.5. The second kappa shape index (κ2) is 11.0. The van der Waals surface area contributed by atoms with Crippen molar-refractivity contribution < 1.29 is 26.3 Å². The average molecular weight is 582 g/mol. The van der Waals surface area contributed by atoms with Crippen LogP contribution in [0.5, 0.6) is 17.2 Å². The highest BCUT2D eigenvalue weighted by Crippen LogP contribution is 2.42. The Morgan fingerprint density at radius 2 is 1.63 bits per heavy atom. The largest absolute Gasteiger partial charge is 0.491 e. The van der Waals surface area contributed by atoms with Crippen molar-refractivity contribution in [3.8, 4) is 28.4 Å². The van der Waals surface area contributed by atoms with E-state index in [9.17, 15) is 21.6 Å². The third kappa shape index (κ3) is 5.68. The monoisotopic (exact) mass is 581 g/mol. The first kappa shape index (κ1) is 28.0. The molecule has 10 nitrogen and oxygen atoms in total. The molecule has 3 aromatic rings. The number of ether oxygens (including phenoxy) is 2. The Labute approximate surface area is 226 Å². The molecule has 0 aliphatic carbocycles. The van der Waals surface area contributed by atoms with Crippen LogP contribution in [0.1, 0.15) is 19.4 Å². The molecule has 13 heteroatoms. The molecule has 1 aliphatic rings. The first-order valence-electron chi connectivity index (χ1n) is 11.9. The van der Waals surface area contributed by atoms with Crippen molar-refractivity contribution in [2.75, 3.05) is 28.4 Å². The molecule has 0 saturated carbocycles. The second-order valence-corrected chi connectivity index (χ2v) is 13.4. The second-order valence-electron chi connectivity index (χ2n) is 8.56. The van der Waals surface area contributed by atoms with Crippen LogP contribution in [-0.4, -0.2) is 46.1 Å². The van der Waals surface area contributed by atoms with E-state index in [2.05, 4.69) is 5.32 Å². The molecule has 4 rings (SSSR count). The molecule has 1 N–H and O–H groups in total. The predicted octanol–water partition coefficient (Wildman–Crippen LogP) is 3.49. The number of anilines is 1. The van der Waals surface area contributed by atoms with Crippen LogP contribution in [0.15, 0.2) is 53.5 Å². The van der Waals surface area contributed by atoms with Gasteiger partial charge in [0.1, 0.15) is 23.9 Å². The van der Waals surface area contributed by atoms with Crippen molar-refractivity contribution in [3.63, 3.8) is 0 Å². The maximum atomic E-state index is 12.9. The summed E-state index contributed by atoms with van der Waals surface area (Å²) < 4.78 is 65.8. The zero-order valence-corrected chi connectivity index (χ0v) is 23.5. The molecule has 38 heavy (non-hydrogen) atoms. The van der Waals surface area contributed by atoms with Gasteiger partial charge in [-0.05, 0) is 50.2 Å². The molecule has 0 fully saturated rings. The molecule has 2 heterocycles. The van der Waals surface area contributed by atoms with E-state index in [1.165, 1.54) is 42.7 Å². The van der Waals surface area contributed by atoms with Crippen LogP contribution in [0.3, 0.4) is 0 Å². The van der Waals surface area contributed by atoms with E-state index in [0.717, 1.165) is 5.56 Å². The van der Waals surface area contributed by atoms with E-state index in [1.54, 1.807) is 31.4 Å². The summed E-state index contributed by atoms with van der Waals surface area (Å²) in [7, 11) is -6.83. The molecule has 1 aliphatic heterocycles. The lowest BCUT2D eigenvalue weighted by Crippen LogP contribution is -2.39. The van der Waals surface area contributed by atoms with Gasteiger partial charge >= 0.3 is 0 Å². The number of sulfonamides is 2. The van der Waals surface area contributed by atoms with Gasteiger partial charge in [0.05, 0.1) is 17.2 Å². The van der Waals surface area contributed by atoms with Gasteiger partial charge in [0.25, 0.3) is 5.56 Å². The highest BCUT2D eigenvalue weighted by Gasteiger charge is 2.33. The van der Waals surface area contributed by atoms with Gasteiger partial charge in [-0.2, -0.15) is 3.71 Å². The van der Waals surface area contributed by atoms with Crippen molar-refractivity contribution in [2.24, 2.45) is 7.05 Å². The minimum Gasteiger partial charge on any atom is -0.491 e. The normalized spacial score (nSPS) is 14.0. The Hall–Kier alpha value is -3.06. The van der Waals surface area contributed by atoms with Crippen molar-refractivity contribution in [2.45, 2.75) is 20.4 Å². The number of rotatable bonds is 5. The molecule has 2 aromatic carbocycles. The number of nitrogens with one attached hydrogen (secondary N) is 1. The van der Waals surface area contributed by atoms with E-state index in [1.807, 2.05) is 0 Å². The summed E-state index contributed by atoms with van der Waals surface area (Å²) in [6, 6.07) is 10.8. The van der Waals surface area contributed by atoms with Gasteiger partial charge in [-0.3, -0.25) is 4.79 Å². The SMILES string of the molecule is CCS(=O)(=O)N(c1ccc2c(c1)-c1cn(C)c(=O)cc1OCCNCc1cc(Cl)ccc1O2)S(=O)(=O)CC. The zero-order valence-electron chi connectivity index (χ0n) is 21.1. The number of hydrogen-bond acceptors (Lipinski definition) is 8. The summed E-state index contributed by atoms with van der Waals surface area (Å²) >= 11 is 6.21. The molecular weight excluding hydrogens is 554 g/mol. The Morgan fingerprint density at radius 1 is 0.947 bits per heavy atom. The summed E-state index contributed by atoms with van der Waals surface area (Å²) in [6.07, 6.45) is 1.54. The molecule has 0 atom stereocenters. The standard InChI is InChI=1S/C25H28ClN3O7S2/c1-4-37(31,32)29(38(33,34)5-2)19-7-9-23-20(13-19)21-16-28(3)25(30)14-24(21)35-11-10-27-15-17-12-18(26)6-8-22(17)36-23/h6-9,12-14,16,27H,4-5,10-11,15H2,1-3H3. The smallest absolute Gasteiger partial charge is 0.254 e. The van der Waals surface area contributed by atoms with Gasteiger partial charge in [-0.15, -0.1) is 0 Å². The summed E-state index contributed by atoms with van der Waals surface area (Å²) in [4.78, 5) is 12.4. The lowest BCUT2D eigenvalue weighted by atomic mass is 10.0. The molecule has 0 saturated heterocycles. The first-order chi connectivity index (χ1) is 18.0. The van der Waals surface area contributed by atoms with E-state index in [-0.39, 0.29) is 23.6 Å². The van der Waals surface area contributed by atoms with Crippen LogP contribution in [0.25, 0.3) is 11.1 Å². The molecule has 1 aromatic heterocycles. The van der Waals surface area contributed by atoms with Crippen molar-refractivity contribution >= 4 is 37.3 Å². The summed E-state index contributed by atoms with van der Waals surface area (Å²) in [6.45, 7) is 3.85. The Bertz CT molecular complexity index is 1600. The van der Waals surface area contributed by atoms with E-state index in [0.29, 0.717) is 44.4 Å². The van der Waals surface area contributed by atoms with Gasteiger partial charge in [0, 0.05) is 54.1 Å². The number of halogens is 1. The number of pyridine rings is 1. The number of benzene rings is 2. The fraction of sp³-hybridized carbons (Fsp3) is 0.320. The van der Waals surface area contributed by atoms with Gasteiger partial charge < -0.3 is 19.4 Å². The van der Waals surface area contributed by atoms with Crippen LogP contribution in [0, 0.1) is 0 Å². The van der Waals surface area contributed by atoms with Crippen molar-refractivity contribution in [1.29, 1.82) is 0 Å². The molecule has 204 valence electrons. The van der Waals surface area contributed by atoms with Crippen molar-refractivity contribution in [3.05, 3.63) is 69.6 Å². The van der Waals surface area contributed by atoms with Gasteiger partial charge in [-0.25, -0.2) is 16.8 Å². The maximum absolute atomic E-state index is 12.9. The van der Waals surface area contributed by atoms with Crippen LogP contribution in [0.2, 0.25) is 5.02 Å². The number of fused-ring (bicyclic) bond motifs is 4. The third-order valence-corrected chi connectivity index (χ3v) is 10.5. The number of aryl methyl sites for hydroxylation is 1. The number of hydrogen-bond donors (Lipinski definition) is 1. The van der Waals surface area contributed by atoms with Crippen molar-refractivity contribution in [1.82, 2.24) is 9.88 Å². The van der Waals surface area contributed by atoms with Crippen LogP contribution in [-0.2, 0) is 33.6 Å². The van der Waals surface area contributed by atoms with E-state index >= 15 is 0 Å². The van der Waals surface area contributed by atoms with E-state index < -0.39 is 31.6 Å². The summed E-state index contributed by atoms with van der Waals surface area (Å²) in [5.74, 6) is 0.203. The lowest BCUT2D eigenvalue weighted by molar-refractivity contribution is 0.313. The minimum atomic E-state index is -4.20. The van der Waals surface area contributed by atoms with Gasteiger partial charge in [0.15, 0.2) is 0 Å². The molecule has 0 amide bonds. The lowest BCUT2D eigenvalue weighted by Gasteiger charge is -2.25. The van der Waals surface area contributed by atoms with Gasteiger partial charge in [-0.1, -0.05) is 11.6 Å². The Balaban J connectivity index is 2.02. The molecule has 0 unspecified atom stereocenters. The minimum absolute atomic E-state index is 0.0825. The van der Waals surface area contributed by atoms with Crippen LogP contribution in [0.4, 0.5) is 5.69 Å². The first-order valence-corrected chi connectivity index (χ1v) is 15.5. The number of aromatic nitrogens is 1. The molecular formula is C25H28ClN3O7S2. The van der Waals surface area contributed by atoms with E-state index in [4.69, 9.17) is 21.1 Å². The topological polar surface area (TPSA) is 124 Å². The summed E-state index contributed by atoms with van der Waals surface area (Å²) in [5, 5.41) is 3.78. The fourth-order valence-corrected chi connectivity index (χ4v) is 7.50. The van der Waals surface area contributed by atoms with Crippen LogP contribution < -0.4 is 24.1 Å². The van der Waals surface area contributed by atoms with Gasteiger partial charge in [0.2, 0.25) is 20.0 Å². The predicted molar refractivity (Wildman–Crippen MR) is 147 cm³/mol. The van der Waals surface area contributed by atoms with Crippen LogP contribution >= 0.6 is 11.6 Å². The fourth-order valence-electron chi connectivity index (χ4n) is 3.95. The summed E-state index contributed by atoms with van der Waals surface area (Å²) in [5.41, 5.74) is 1.14. The quantitative estimate of drug-likeness (QED) is 0.486.